The van der Waals surface area contributed by atoms with Gasteiger partial charge >= 0.3 is 0 Å². The van der Waals surface area contributed by atoms with Crippen LogP contribution in [-0.4, -0.2) is 17.5 Å². The summed E-state index contributed by atoms with van der Waals surface area (Å²) in [4.78, 5) is 12.5. The monoisotopic (exact) mass is 367 g/mol. The van der Waals surface area contributed by atoms with E-state index < -0.39 is 0 Å². The molecule has 0 saturated heterocycles. The molecule has 144 valence electrons. The fourth-order valence-corrected chi connectivity index (χ4v) is 3.03. The minimum atomic E-state index is -0.109. The molecule has 0 unspecified atom stereocenters. The van der Waals surface area contributed by atoms with Crippen LogP contribution >= 0.6 is 0 Å². The van der Waals surface area contributed by atoms with Gasteiger partial charge in [0.2, 0.25) is 0 Å². The summed E-state index contributed by atoms with van der Waals surface area (Å²) in [6.07, 6.45) is 3.30. The van der Waals surface area contributed by atoms with Crippen molar-refractivity contribution in [3.63, 3.8) is 0 Å². The maximum absolute atomic E-state index is 12.5. The highest BCUT2D eigenvalue weighted by molar-refractivity contribution is 6.07. The highest BCUT2D eigenvalue weighted by Crippen LogP contribution is 2.43. The minimum absolute atomic E-state index is 0.0881. The van der Waals surface area contributed by atoms with E-state index in [-0.39, 0.29) is 23.4 Å². The Morgan fingerprint density at radius 3 is 2.30 bits per heavy atom. The van der Waals surface area contributed by atoms with Crippen molar-refractivity contribution in [3.05, 3.63) is 58.7 Å². The summed E-state index contributed by atoms with van der Waals surface area (Å²) in [7, 11) is 0. The lowest BCUT2D eigenvalue weighted by molar-refractivity contribution is 0.104. The van der Waals surface area contributed by atoms with Gasteiger partial charge in [-0.15, -0.1) is 0 Å². The SMILES string of the molecule is CCOc1c(C=CC(=O)c2ccc(N)cc2)cc(C(C)C)c(O)c1C(C)C. The molecule has 0 aromatic heterocycles. The van der Waals surface area contributed by atoms with Crippen LogP contribution in [0, 0.1) is 0 Å². The quantitative estimate of drug-likeness (QED) is 0.384. The number of hydrogen-bond donors (Lipinski definition) is 2. The van der Waals surface area contributed by atoms with Crippen molar-refractivity contribution < 1.29 is 14.6 Å². The van der Waals surface area contributed by atoms with E-state index in [1.165, 1.54) is 6.08 Å². The third-order valence-electron chi connectivity index (χ3n) is 4.44. The standard InChI is InChI=1S/C23H29NO3/c1-6-27-23-17(9-12-20(25)16-7-10-18(24)11-8-16)13-19(14(2)3)22(26)21(23)15(4)5/h7-15,26H,6,24H2,1-5H3. The van der Waals surface area contributed by atoms with Crippen LogP contribution in [0.4, 0.5) is 5.69 Å². The molecular weight excluding hydrogens is 338 g/mol. The number of ketones is 1. The zero-order chi connectivity index (χ0) is 20.1. The number of benzene rings is 2. The number of carbonyl (C=O) groups is 1. The van der Waals surface area contributed by atoms with E-state index in [0.717, 1.165) is 16.7 Å². The first-order valence-corrected chi connectivity index (χ1v) is 9.36. The third-order valence-corrected chi connectivity index (χ3v) is 4.44. The van der Waals surface area contributed by atoms with Crippen LogP contribution in [0.1, 0.15) is 73.5 Å². The summed E-state index contributed by atoms with van der Waals surface area (Å²) in [5.74, 6) is 1.05. The predicted molar refractivity (Wildman–Crippen MR) is 112 cm³/mol. The Morgan fingerprint density at radius 2 is 1.78 bits per heavy atom. The third kappa shape index (κ3) is 4.70. The average molecular weight is 367 g/mol. The van der Waals surface area contributed by atoms with Crippen LogP contribution < -0.4 is 10.5 Å². The van der Waals surface area contributed by atoms with Gasteiger partial charge < -0.3 is 15.6 Å². The number of carbonyl (C=O) groups excluding carboxylic acids is 1. The van der Waals surface area contributed by atoms with Gasteiger partial charge in [-0.2, -0.15) is 0 Å². The molecule has 0 radical (unpaired) electrons. The largest absolute Gasteiger partial charge is 0.507 e. The summed E-state index contributed by atoms with van der Waals surface area (Å²) < 4.78 is 5.86. The second-order valence-corrected chi connectivity index (χ2v) is 7.21. The first-order valence-electron chi connectivity index (χ1n) is 9.36. The first-order chi connectivity index (χ1) is 12.8. The molecule has 0 bridgehead atoms. The van der Waals surface area contributed by atoms with Crippen molar-refractivity contribution in [2.24, 2.45) is 0 Å². The van der Waals surface area contributed by atoms with E-state index in [9.17, 15) is 9.90 Å². The first kappa shape index (κ1) is 20.6. The second-order valence-electron chi connectivity index (χ2n) is 7.21. The Kier molecular flexibility index (Phi) is 6.67. The Hall–Kier alpha value is -2.75. The van der Waals surface area contributed by atoms with Gasteiger partial charge in [-0.3, -0.25) is 4.79 Å². The summed E-state index contributed by atoms with van der Waals surface area (Å²) in [6, 6.07) is 8.74. The van der Waals surface area contributed by atoms with E-state index >= 15 is 0 Å². The van der Waals surface area contributed by atoms with Crippen LogP contribution in [0.5, 0.6) is 11.5 Å². The molecule has 0 fully saturated rings. The van der Waals surface area contributed by atoms with Crippen LogP contribution in [-0.2, 0) is 0 Å². The molecule has 0 atom stereocenters. The summed E-state index contributed by atoms with van der Waals surface area (Å²) in [6.45, 7) is 10.5. The molecule has 0 aliphatic carbocycles. The van der Waals surface area contributed by atoms with Gasteiger partial charge in [0.15, 0.2) is 5.78 Å². The average Bonchev–Trinajstić information content (AvgIpc) is 2.61. The molecule has 27 heavy (non-hydrogen) atoms. The normalized spacial score (nSPS) is 11.5. The zero-order valence-corrected chi connectivity index (χ0v) is 16.7. The molecule has 4 heteroatoms. The highest BCUT2D eigenvalue weighted by atomic mass is 16.5. The van der Waals surface area contributed by atoms with Crippen LogP contribution in [0.25, 0.3) is 6.08 Å². The lowest BCUT2D eigenvalue weighted by Gasteiger charge is -2.21. The summed E-state index contributed by atoms with van der Waals surface area (Å²) in [5.41, 5.74) is 9.30. The van der Waals surface area contributed by atoms with Crippen molar-refractivity contribution in [2.45, 2.75) is 46.5 Å². The van der Waals surface area contributed by atoms with Gasteiger partial charge in [-0.25, -0.2) is 0 Å². The van der Waals surface area contributed by atoms with Gasteiger partial charge in [0, 0.05) is 22.4 Å². The summed E-state index contributed by atoms with van der Waals surface area (Å²) in [5, 5.41) is 10.8. The molecular formula is C23H29NO3. The van der Waals surface area contributed by atoms with E-state index in [4.69, 9.17) is 10.5 Å². The number of phenolic OH excluding ortho intramolecular Hbond substituents is 1. The lowest BCUT2D eigenvalue weighted by Crippen LogP contribution is -2.04. The second kappa shape index (κ2) is 8.76. The Labute approximate surface area is 161 Å². The molecule has 3 N–H and O–H groups in total. The van der Waals surface area contributed by atoms with E-state index in [0.29, 0.717) is 23.6 Å². The van der Waals surface area contributed by atoms with Crippen molar-refractivity contribution in [2.75, 3.05) is 12.3 Å². The molecule has 0 amide bonds. The number of anilines is 1. The Balaban J connectivity index is 2.53. The van der Waals surface area contributed by atoms with E-state index in [1.54, 1.807) is 30.3 Å². The van der Waals surface area contributed by atoms with Gasteiger partial charge in [0.1, 0.15) is 11.5 Å². The van der Waals surface area contributed by atoms with Crippen molar-refractivity contribution in [1.29, 1.82) is 0 Å². The van der Waals surface area contributed by atoms with Gasteiger partial charge in [-0.1, -0.05) is 27.7 Å². The smallest absolute Gasteiger partial charge is 0.185 e. The number of allylic oxidation sites excluding steroid dienone is 1. The predicted octanol–water partition coefficient (Wildman–Crippen LogP) is 5.52. The molecule has 0 aliphatic heterocycles. The molecule has 2 rings (SSSR count). The van der Waals surface area contributed by atoms with E-state index in [2.05, 4.69) is 0 Å². The Bertz CT molecular complexity index is 834. The molecule has 0 saturated carbocycles. The fourth-order valence-electron chi connectivity index (χ4n) is 3.03. The molecule has 0 heterocycles. The topological polar surface area (TPSA) is 72.5 Å². The maximum atomic E-state index is 12.5. The number of ether oxygens (including phenoxy) is 1. The minimum Gasteiger partial charge on any atom is -0.507 e. The lowest BCUT2D eigenvalue weighted by atomic mass is 9.90. The fraction of sp³-hybridized carbons (Fsp3) is 0.348. The number of hydrogen-bond acceptors (Lipinski definition) is 4. The number of phenols is 1. The van der Waals surface area contributed by atoms with Gasteiger partial charge in [0.05, 0.1) is 6.61 Å². The maximum Gasteiger partial charge on any atom is 0.185 e. The van der Waals surface area contributed by atoms with Crippen LogP contribution in [0.3, 0.4) is 0 Å². The van der Waals surface area contributed by atoms with Gasteiger partial charge in [-0.05, 0) is 66.8 Å². The molecule has 0 spiro atoms. The number of nitrogen functional groups attached to an aromatic ring is 1. The number of rotatable bonds is 7. The molecule has 2 aromatic carbocycles. The van der Waals surface area contributed by atoms with Crippen molar-refractivity contribution >= 4 is 17.5 Å². The highest BCUT2D eigenvalue weighted by Gasteiger charge is 2.21. The number of nitrogens with two attached hydrogens (primary N) is 1. The summed E-state index contributed by atoms with van der Waals surface area (Å²) >= 11 is 0. The number of aromatic hydroxyl groups is 1. The molecule has 0 aliphatic rings. The zero-order valence-electron chi connectivity index (χ0n) is 16.7. The Morgan fingerprint density at radius 1 is 1.15 bits per heavy atom. The van der Waals surface area contributed by atoms with Crippen molar-refractivity contribution in [3.8, 4) is 11.5 Å². The molecule has 2 aromatic rings. The van der Waals surface area contributed by atoms with Crippen molar-refractivity contribution in [1.82, 2.24) is 0 Å². The van der Waals surface area contributed by atoms with Crippen LogP contribution in [0.15, 0.2) is 36.4 Å². The van der Waals surface area contributed by atoms with Gasteiger partial charge in [0.25, 0.3) is 0 Å². The van der Waals surface area contributed by atoms with Crippen LogP contribution in [0.2, 0.25) is 0 Å². The van der Waals surface area contributed by atoms with E-state index in [1.807, 2.05) is 40.7 Å². The molecule has 4 nitrogen and oxygen atoms in total.